The van der Waals surface area contributed by atoms with Crippen LogP contribution in [0.25, 0.3) is 87.4 Å². The van der Waals surface area contributed by atoms with Gasteiger partial charge in [-0.2, -0.15) is 0 Å². The van der Waals surface area contributed by atoms with Crippen molar-refractivity contribution in [3.8, 4) is 11.5 Å². The van der Waals surface area contributed by atoms with Crippen LogP contribution in [0.15, 0.2) is 216 Å². The summed E-state index contributed by atoms with van der Waals surface area (Å²) in [6.07, 6.45) is 2.79. The van der Waals surface area contributed by atoms with Crippen molar-refractivity contribution >= 4 is 87.5 Å². The number of fused-ring (bicyclic) bond motifs is 10. The second kappa shape index (κ2) is 14.5. The van der Waals surface area contributed by atoms with Crippen molar-refractivity contribution in [3.63, 3.8) is 0 Å². The first-order valence-electron chi connectivity index (χ1n) is 22.2. The highest BCUT2D eigenvalue weighted by atomic mass is 15.1. The molecule has 3 aromatic heterocycles. The van der Waals surface area contributed by atoms with Gasteiger partial charge < -0.3 is 4.57 Å². The zero-order valence-corrected chi connectivity index (χ0v) is 35.2. The van der Waals surface area contributed by atoms with Crippen molar-refractivity contribution < 1.29 is 0 Å². The lowest BCUT2D eigenvalue weighted by Gasteiger charge is -2.30. The molecule has 64 heavy (non-hydrogen) atoms. The van der Waals surface area contributed by atoms with Crippen molar-refractivity contribution in [3.05, 3.63) is 223 Å². The fourth-order valence-corrected chi connectivity index (χ4v) is 10.6. The molecule has 2 unspecified atom stereocenters. The zero-order chi connectivity index (χ0) is 42.3. The summed E-state index contributed by atoms with van der Waals surface area (Å²) in [5.74, 6) is 1.77. The zero-order valence-electron chi connectivity index (χ0n) is 35.2. The summed E-state index contributed by atoms with van der Waals surface area (Å²) in [7, 11) is 0. The normalized spacial score (nSPS) is 15.5. The van der Waals surface area contributed by atoms with Crippen LogP contribution in [-0.4, -0.2) is 25.7 Å². The van der Waals surface area contributed by atoms with Gasteiger partial charge in [-0.25, -0.2) is 9.98 Å². The maximum absolute atomic E-state index is 5.49. The van der Waals surface area contributed by atoms with Crippen LogP contribution < -0.4 is 0 Å². The molecule has 13 rings (SSSR count). The Morgan fingerprint density at radius 3 is 2.06 bits per heavy atom. The van der Waals surface area contributed by atoms with Gasteiger partial charge in [-0.15, -0.1) is 0 Å². The molecule has 9 aromatic carbocycles. The van der Waals surface area contributed by atoms with E-state index in [1.54, 1.807) is 0 Å². The average Bonchev–Trinajstić information content (AvgIpc) is 3.87. The quantitative estimate of drug-likeness (QED) is 0.165. The SMILES string of the molecule is CCC1C(c2ccc3ccccc3c2)=NC(c2ccccc2)=NC1c1ccc2c(-n3c4ccccc4c4cc5c6c7ccccc7ccc6n(-c6ccccn6)c5cc43)cccc2c1. The first-order valence-corrected chi connectivity index (χ1v) is 22.2. The first kappa shape index (κ1) is 36.5. The van der Waals surface area contributed by atoms with E-state index in [1.165, 1.54) is 64.9 Å². The number of amidine groups is 1. The molecule has 12 aromatic rings. The van der Waals surface area contributed by atoms with Crippen molar-refractivity contribution in [2.75, 3.05) is 0 Å². The molecular weight excluding hydrogens is 779 g/mol. The Hall–Kier alpha value is -8.15. The van der Waals surface area contributed by atoms with Crippen molar-refractivity contribution in [1.82, 2.24) is 14.1 Å². The van der Waals surface area contributed by atoms with Gasteiger partial charge in [-0.3, -0.25) is 9.56 Å². The van der Waals surface area contributed by atoms with Gasteiger partial charge in [0.15, 0.2) is 5.84 Å². The molecule has 0 N–H and O–H groups in total. The molecule has 0 radical (unpaired) electrons. The molecule has 0 spiro atoms. The Bertz CT molecular complexity index is 3890. The van der Waals surface area contributed by atoms with Crippen LogP contribution in [0.1, 0.15) is 36.1 Å². The number of rotatable bonds is 6. The minimum atomic E-state index is -0.113. The number of hydrogen-bond acceptors (Lipinski definition) is 3. The molecule has 5 nitrogen and oxygen atoms in total. The summed E-state index contributed by atoms with van der Waals surface area (Å²) in [5, 5.41) is 12.2. The Labute approximate surface area is 369 Å². The minimum Gasteiger partial charge on any atom is -0.309 e. The lowest BCUT2D eigenvalue weighted by molar-refractivity contribution is 0.533. The summed E-state index contributed by atoms with van der Waals surface area (Å²) in [6, 6.07) is 72.4. The van der Waals surface area contributed by atoms with E-state index in [1.807, 2.05) is 12.3 Å². The highest BCUT2D eigenvalue weighted by molar-refractivity contribution is 6.25. The molecule has 1 aliphatic rings. The predicted octanol–water partition coefficient (Wildman–Crippen LogP) is 14.8. The molecule has 4 heterocycles. The van der Waals surface area contributed by atoms with E-state index in [0.717, 1.165) is 57.2 Å². The summed E-state index contributed by atoms with van der Waals surface area (Å²) in [4.78, 5) is 15.7. The summed E-state index contributed by atoms with van der Waals surface area (Å²) < 4.78 is 4.80. The van der Waals surface area contributed by atoms with Gasteiger partial charge in [0.25, 0.3) is 0 Å². The second-order valence-corrected chi connectivity index (χ2v) is 17.0. The number of pyridine rings is 1. The average molecular weight is 820 g/mol. The summed E-state index contributed by atoms with van der Waals surface area (Å²) in [5.41, 5.74) is 10.2. The molecule has 0 saturated heterocycles. The molecule has 0 aliphatic carbocycles. The van der Waals surface area contributed by atoms with E-state index in [2.05, 4.69) is 210 Å². The van der Waals surface area contributed by atoms with Gasteiger partial charge in [0.1, 0.15) is 5.82 Å². The predicted molar refractivity (Wildman–Crippen MR) is 268 cm³/mol. The Balaban J connectivity index is 1.01. The molecule has 1 aliphatic heterocycles. The highest BCUT2D eigenvalue weighted by Crippen LogP contribution is 2.43. The van der Waals surface area contributed by atoms with Gasteiger partial charge >= 0.3 is 0 Å². The third kappa shape index (κ3) is 5.60. The Kier molecular flexibility index (Phi) is 8.25. The number of para-hydroxylation sites is 1. The fourth-order valence-electron chi connectivity index (χ4n) is 10.6. The summed E-state index contributed by atoms with van der Waals surface area (Å²) >= 11 is 0. The third-order valence-electron chi connectivity index (χ3n) is 13.5. The second-order valence-electron chi connectivity index (χ2n) is 17.0. The fraction of sp³-hybridized carbons (Fsp3) is 0.0678. The van der Waals surface area contributed by atoms with Crippen LogP contribution in [0.3, 0.4) is 0 Å². The Morgan fingerprint density at radius 1 is 0.453 bits per heavy atom. The lowest BCUT2D eigenvalue weighted by atomic mass is 9.82. The largest absolute Gasteiger partial charge is 0.309 e. The maximum Gasteiger partial charge on any atom is 0.155 e. The van der Waals surface area contributed by atoms with Crippen molar-refractivity contribution in [2.24, 2.45) is 15.9 Å². The van der Waals surface area contributed by atoms with Gasteiger partial charge in [0.05, 0.1) is 39.5 Å². The van der Waals surface area contributed by atoms with Gasteiger partial charge in [0.2, 0.25) is 0 Å². The van der Waals surface area contributed by atoms with E-state index in [-0.39, 0.29) is 12.0 Å². The molecule has 5 heteroatoms. The van der Waals surface area contributed by atoms with Gasteiger partial charge in [-0.1, -0.05) is 153 Å². The lowest BCUT2D eigenvalue weighted by Crippen LogP contribution is -2.28. The van der Waals surface area contributed by atoms with Gasteiger partial charge in [0, 0.05) is 44.6 Å². The monoisotopic (exact) mass is 819 g/mol. The Morgan fingerprint density at radius 2 is 1.20 bits per heavy atom. The van der Waals surface area contributed by atoms with Crippen LogP contribution in [0, 0.1) is 5.92 Å². The molecule has 302 valence electrons. The van der Waals surface area contributed by atoms with E-state index in [4.69, 9.17) is 15.0 Å². The van der Waals surface area contributed by atoms with Gasteiger partial charge in [-0.05, 0) is 99.1 Å². The summed E-state index contributed by atoms with van der Waals surface area (Å²) in [6.45, 7) is 2.27. The number of aliphatic imine (C=N–C) groups is 2. The van der Waals surface area contributed by atoms with Crippen LogP contribution in [-0.2, 0) is 0 Å². The van der Waals surface area contributed by atoms with E-state index < -0.39 is 0 Å². The minimum absolute atomic E-state index is 0.0944. The molecule has 0 fully saturated rings. The van der Waals surface area contributed by atoms with Crippen LogP contribution >= 0.6 is 0 Å². The number of nitrogens with zero attached hydrogens (tertiary/aromatic N) is 5. The van der Waals surface area contributed by atoms with Crippen molar-refractivity contribution in [2.45, 2.75) is 19.4 Å². The topological polar surface area (TPSA) is 47.5 Å². The van der Waals surface area contributed by atoms with Crippen LogP contribution in [0.2, 0.25) is 0 Å². The maximum atomic E-state index is 5.49. The molecule has 0 saturated carbocycles. The van der Waals surface area contributed by atoms with Crippen LogP contribution in [0.4, 0.5) is 0 Å². The first-order chi connectivity index (χ1) is 31.7. The highest BCUT2D eigenvalue weighted by Gasteiger charge is 2.32. The molecule has 0 bridgehead atoms. The smallest absolute Gasteiger partial charge is 0.155 e. The van der Waals surface area contributed by atoms with Crippen molar-refractivity contribution in [1.29, 1.82) is 0 Å². The van der Waals surface area contributed by atoms with E-state index in [0.29, 0.717) is 0 Å². The van der Waals surface area contributed by atoms with Crippen LogP contribution in [0.5, 0.6) is 0 Å². The third-order valence-corrected chi connectivity index (χ3v) is 13.5. The van der Waals surface area contributed by atoms with E-state index >= 15 is 0 Å². The standard InChI is InChI=1S/C59H41N5/c1-2-44-57(42-27-26-37-15-6-7-19-40(37)33-42)61-59(39-17-4-3-5-18-39)62-58(44)43-28-30-45-41(34-43)20-14-24-50(45)63-51-23-11-10-22-47(51)48-35-49-54(36-53(48)63)64(55-25-12-13-32-60-55)52-31-29-38-16-8-9-21-46(38)56(49)52/h3-36,44,58H,2H2,1H3. The van der Waals surface area contributed by atoms with E-state index in [9.17, 15) is 0 Å². The number of hydrogen-bond donors (Lipinski definition) is 0. The molecular formula is C59H41N5. The molecule has 2 atom stereocenters. The molecule has 0 amide bonds. The number of benzene rings is 9. The number of aromatic nitrogens is 3.